The van der Waals surface area contributed by atoms with Crippen LogP contribution in [0.4, 0.5) is 0 Å². The van der Waals surface area contributed by atoms with Gasteiger partial charge in [-0.2, -0.15) is 11.8 Å². The van der Waals surface area contributed by atoms with Gasteiger partial charge < -0.3 is 5.73 Å². The van der Waals surface area contributed by atoms with Crippen molar-refractivity contribution in [3.8, 4) is 0 Å². The minimum absolute atomic E-state index is 0.639. The van der Waals surface area contributed by atoms with Crippen LogP contribution in [-0.4, -0.2) is 42.1 Å². The van der Waals surface area contributed by atoms with E-state index >= 15 is 0 Å². The molecule has 0 aromatic heterocycles. The molecule has 1 rings (SSSR count). The molecule has 1 fully saturated rings. The van der Waals surface area contributed by atoms with E-state index in [1.807, 2.05) is 0 Å². The summed E-state index contributed by atoms with van der Waals surface area (Å²) in [6, 6.07) is 0.639. The van der Waals surface area contributed by atoms with Crippen LogP contribution in [0.1, 0.15) is 33.1 Å². The topological polar surface area (TPSA) is 29.3 Å². The fraction of sp³-hybridized carbons (Fsp3) is 1.00. The Labute approximate surface area is 99.0 Å². The predicted octanol–water partition coefficient (Wildman–Crippen LogP) is 2.19. The Morgan fingerprint density at radius 1 is 1.33 bits per heavy atom. The summed E-state index contributed by atoms with van der Waals surface area (Å²) in [6.07, 6.45) is 3.86. The maximum Gasteiger partial charge on any atom is 0.0254 e. The summed E-state index contributed by atoms with van der Waals surface area (Å²) in [6.45, 7) is 7.80. The smallest absolute Gasteiger partial charge is 0.0254 e. The van der Waals surface area contributed by atoms with Crippen molar-refractivity contribution in [2.24, 2.45) is 11.7 Å². The van der Waals surface area contributed by atoms with Gasteiger partial charge in [0.05, 0.1) is 0 Å². The van der Waals surface area contributed by atoms with Crippen LogP contribution < -0.4 is 5.73 Å². The Balaban J connectivity index is 2.50. The monoisotopic (exact) mass is 230 g/mol. The Morgan fingerprint density at radius 3 is 2.40 bits per heavy atom. The first kappa shape index (κ1) is 13.3. The van der Waals surface area contributed by atoms with Crippen molar-refractivity contribution in [2.75, 3.05) is 31.1 Å². The average Bonchev–Trinajstić information content (AvgIpc) is 2.73. The average molecular weight is 230 g/mol. The van der Waals surface area contributed by atoms with Gasteiger partial charge in [-0.3, -0.25) is 4.90 Å². The first-order chi connectivity index (χ1) is 7.33. The zero-order valence-corrected chi connectivity index (χ0v) is 11.1. The molecule has 2 unspecified atom stereocenters. The predicted molar refractivity (Wildman–Crippen MR) is 70.4 cm³/mol. The zero-order valence-electron chi connectivity index (χ0n) is 10.2. The van der Waals surface area contributed by atoms with Crippen molar-refractivity contribution >= 4 is 11.8 Å². The molecule has 0 saturated carbocycles. The molecule has 2 N–H and O–H groups in total. The molecule has 3 heteroatoms. The van der Waals surface area contributed by atoms with Gasteiger partial charge in [0.1, 0.15) is 0 Å². The van der Waals surface area contributed by atoms with Gasteiger partial charge in [0, 0.05) is 12.6 Å². The number of hydrogen-bond donors (Lipinski definition) is 1. The van der Waals surface area contributed by atoms with Crippen LogP contribution in [0.3, 0.4) is 0 Å². The molecule has 0 bridgehead atoms. The van der Waals surface area contributed by atoms with Crippen molar-refractivity contribution in [1.29, 1.82) is 0 Å². The third kappa shape index (κ3) is 3.97. The summed E-state index contributed by atoms with van der Waals surface area (Å²) >= 11 is 2.10. The molecule has 0 amide bonds. The Morgan fingerprint density at radius 2 is 2.00 bits per heavy atom. The van der Waals surface area contributed by atoms with Gasteiger partial charge in [0.15, 0.2) is 0 Å². The molecule has 1 aliphatic heterocycles. The van der Waals surface area contributed by atoms with Crippen LogP contribution in [0.25, 0.3) is 0 Å². The highest BCUT2D eigenvalue weighted by Gasteiger charge is 2.28. The Bertz CT molecular complexity index is 152. The van der Waals surface area contributed by atoms with E-state index in [2.05, 4.69) is 30.5 Å². The molecular weight excluding hydrogens is 204 g/mol. The number of nitrogens with two attached hydrogens (primary N) is 1. The number of thioether (sulfide) groups is 1. The molecule has 0 aliphatic carbocycles. The van der Waals surface area contributed by atoms with E-state index in [-0.39, 0.29) is 0 Å². The molecule has 2 nitrogen and oxygen atoms in total. The summed E-state index contributed by atoms with van der Waals surface area (Å²) in [4.78, 5) is 2.62. The molecular formula is C12H26N2S. The second-order valence-corrected chi connectivity index (χ2v) is 5.61. The number of hydrogen-bond acceptors (Lipinski definition) is 3. The fourth-order valence-electron chi connectivity index (χ4n) is 2.51. The molecule has 1 aliphatic rings. The van der Waals surface area contributed by atoms with Gasteiger partial charge in [0.25, 0.3) is 0 Å². The van der Waals surface area contributed by atoms with Gasteiger partial charge in [-0.05, 0) is 49.8 Å². The van der Waals surface area contributed by atoms with Gasteiger partial charge >= 0.3 is 0 Å². The van der Waals surface area contributed by atoms with Gasteiger partial charge in [-0.15, -0.1) is 0 Å². The molecule has 1 saturated heterocycles. The normalized spacial score (nSPS) is 23.6. The van der Waals surface area contributed by atoms with E-state index in [0.717, 1.165) is 12.5 Å². The first-order valence-electron chi connectivity index (χ1n) is 6.35. The maximum absolute atomic E-state index is 5.96. The standard InChI is InChI=1S/C12H26N2S/c1-3-6-14(7-4-2)12(9-13)11-5-8-15-10-11/h11-12H,3-10,13H2,1-2H3. The van der Waals surface area contributed by atoms with E-state index in [9.17, 15) is 0 Å². The molecule has 0 spiro atoms. The molecule has 1 heterocycles. The van der Waals surface area contributed by atoms with Crippen LogP contribution in [0.2, 0.25) is 0 Å². The largest absolute Gasteiger partial charge is 0.329 e. The summed E-state index contributed by atoms with van der Waals surface area (Å²) < 4.78 is 0. The highest BCUT2D eigenvalue weighted by Crippen LogP contribution is 2.28. The number of rotatable bonds is 7. The Hall–Kier alpha value is 0.270. The Kier molecular flexibility index (Phi) is 6.69. The van der Waals surface area contributed by atoms with Crippen LogP contribution in [-0.2, 0) is 0 Å². The zero-order chi connectivity index (χ0) is 11.1. The van der Waals surface area contributed by atoms with Crippen LogP contribution in [0.15, 0.2) is 0 Å². The van der Waals surface area contributed by atoms with E-state index in [1.54, 1.807) is 0 Å². The molecule has 15 heavy (non-hydrogen) atoms. The van der Waals surface area contributed by atoms with Gasteiger partial charge in [-0.1, -0.05) is 13.8 Å². The molecule has 90 valence electrons. The third-order valence-corrected chi connectivity index (χ3v) is 4.43. The van der Waals surface area contributed by atoms with Crippen LogP contribution in [0.5, 0.6) is 0 Å². The lowest BCUT2D eigenvalue weighted by atomic mass is 9.97. The number of nitrogens with zero attached hydrogens (tertiary/aromatic N) is 1. The summed E-state index contributed by atoms with van der Waals surface area (Å²) in [5.74, 6) is 3.51. The van der Waals surface area contributed by atoms with Crippen LogP contribution in [0, 0.1) is 5.92 Å². The third-order valence-electron chi connectivity index (χ3n) is 3.24. The van der Waals surface area contributed by atoms with Crippen molar-refractivity contribution in [3.63, 3.8) is 0 Å². The van der Waals surface area contributed by atoms with Crippen molar-refractivity contribution in [1.82, 2.24) is 4.90 Å². The fourth-order valence-corrected chi connectivity index (χ4v) is 3.84. The first-order valence-corrected chi connectivity index (χ1v) is 7.50. The molecule has 0 aromatic rings. The summed E-state index contributed by atoms with van der Waals surface area (Å²) in [5, 5.41) is 0. The molecule has 0 radical (unpaired) electrons. The van der Waals surface area contributed by atoms with Crippen LogP contribution >= 0.6 is 11.8 Å². The quantitative estimate of drug-likeness (QED) is 0.727. The minimum Gasteiger partial charge on any atom is -0.329 e. The van der Waals surface area contributed by atoms with Gasteiger partial charge in [0.2, 0.25) is 0 Å². The minimum atomic E-state index is 0.639. The highest BCUT2D eigenvalue weighted by molar-refractivity contribution is 7.99. The SMILES string of the molecule is CCCN(CCC)C(CN)C1CCSC1. The lowest BCUT2D eigenvalue weighted by Gasteiger charge is -2.34. The van der Waals surface area contributed by atoms with Crippen molar-refractivity contribution in [3.05, 3.63) is 0 Å². The summed E-state index contributed by atoms with van der Waals surface area (Å²) in [5.41, 5.74) is 5.96. The second-order valence-electron chi connectivity index (χ2n) is 4.46. The second kappa shape index (κ2) is 7.53. The molecule has 0 aromatic carbocycles. The van der Waals surface area contributed by atoms with Crippen molar-refractivity contribution < 1.29 is 0 Å². The lowest BCUT2D eigenvalue weighted by Crippen LogP contribution is -2.46. The lowest BCUT2D eigenvalue weighted by molar-refractivity contribution is 0.155. The molecule has 2 atom stereocenters. The maximum atomic E-state index is 5.96. The summed E-state index contributed by atoms with van der Waals surface area (Å²) in [7, 11) is 0. The van der Waals surface area contributed by atoms with E-state index in [0.29, 0.717) is 6.04 Å². The van der Waals surface area contributed by atoms with E-state index in [1.165, 1.54) is 43.9 Å². The van der Waals surface area contributed by atoms with E-state index < -0.39 is 0 Å². The van der Waals surface area contributed by atoms with Gasteiger partial charge in [-0.25, -0.2) is 0 Å². The highest BCUT2D eigenvalue weighted by atomic mass is 32.2. The van der Waals surface area contributed by atoms with Crippen molar-refractivity contribution in [2.45, 2.75) is 39.2 Å². The van der Waals surface area contributed by atoms with E-state index in [4.69, 9.17) is 5.73 Å².